The lowest BCUT2D eigenvalue weighted by Gasteiger charge is -2.09. The Morgan fingerprint density at radius 3 is 2.76 bits per heavy atom. The standard InChI is InChI=1S/C17H21NO3/c19-16(15-10-12-21-13-15)9-11-18-17(20)8-4-7-14-5-2-1-3-6-14/h1-3,5-6,10,12-13,16,19H,4,7-9,11H2,(H,18,20). The summed E-state index contributed by atoms with van der Waals surface area (Å²) in [6.07, 6.45) is 5.20. The molecule has 0 radical (unpaired) electrons. The van der Waals surface area contributed by atoms with Crippen molar-refractivity contribution in [3.05, 3.63) is 60.1 Å². The van der Waals surface area contributed by atoms with E-state index in [1.54, 1.807) is 6.07 Å². The highest BCUT2D eigenvalue weighted by Gasteiger charge is 2.09. The van der Waals surface area contributed by atoms with Gasteiger partial charge in [-0.2, -0.15) is 0 Å². The lowest BCUT2D eigenvalue weighted by Crippen LogP contribution is -2.25. The average molecular weight is 287 g/mol. The number of hydrogen-bond acceptors (Lipinski definition) is 3. The maximum atomic E-state index is 11.7. The van der Waals surface area contributed by atoms with Crippen LogP contribution in [0.25, 0.3) is 0 Å². The second kappa shape index (κ2) is 8.27. The van der Waals surface area contributed by atoms with E-state index in [0.29, 0.717) is 19.4 Å². The number of aryl methyl sites for hydroxylation is 1. The zero-order valence-corrected chi connectivity index (χ0v) is 12.0. The van der Waals surface area contributed by atoms with Crippen LogP contribution >= 0.6 is 0 Å². The minimum atomic E-state index is -0.589. The molecular formula is C17H21NO3. The van der Waals surface area contributed by atoms with E-state index in [0.717, 1.165) is 18.4 Å². The van der Waals surface area contributed by atoms with Gasteiger partial charge in [0.15, 0.2) is 0 Å². The molecule has 0 fully saturated rings. The molecule has 2 rings (SSSR count). The SMILES string of the molecule is O=C(CCCc1ccccc1)NCCC(O)c1ccoc1. The van der Waals surface area contributed by atoms with E-state index in [2.05, 4.69) is 17.4 Å². The number of carbonyl (C=O) groups excluding carboxylic acids is 1. The number of hydrogen-bond donors (Lipinski definition) is 2. The number of rotatable bonds is 8. The van der Waals surface area contributed by atoms with Gasteiger partial charge in [0, 0.05) is 18.5 Å². The minimum Gasteiger partial charge on any atom is -0.472 e. The molecule has 2 aromatic rings. The van der Waals surface area contributed by atoms with Gasteiger partial charge in [-0.05, 0) is 30.9 Å². The molecule has 1 aromatic heterocycles. The quantitative estimate of drug-likeness (QED) is 0.784. The number of amides is 1. The fraction of sp³-hybridized carbons (Fsp3) is 0.353. The van der Waals surface area contributed by atoms with E-state index in [4.69, 9.17) is 4.42 Å². The molecule has 1 atom stereocenters. The number of furan rings is 1. The van der Waals surface area contributed by atoms with Crippen molar-refractivity contribution in [2.75, 3.05) is 6.54 Å². The van der Waals surface area contributed by atoms with Gasteiger partial charge in [-0.3, -0.25) is 4.79 Å². The topological polar surface area (TPSA) is 62.5 Å². The number of nitrogens with one attached hydrogen (secondary N) is 1. The zero-order chi connectivity index (χ0) is 14.9. The van der Waals surface area contributed by atoms with Crippen LogP contribution in [0.5, 0.6) is 0 Å². The molecule has 0 saturated carbocycles. The van der Waals surface area contributed by atoms with Crippen LogP contribution in [-0.4, -0.2) is 17.6 Å². The lowest BCUT2D eigenvalue weighted by atomic mass is 10.1. The highest BCUT2D eigenvalue weighted by Crippen LogP contribution is 2.15. The Hall–Kier alpha value is -2.07. The van der Waals surface area contributed by atoms with Gasteiger partial charge in [-0.25, -0.2) is 0 Å². The summed E-state index contributed by atoms with van der Waals surface area (Å²) in [7, 11) is 0. The molecule has 21 heavy (non-hydrogen) atoms. The Balaban J connectivity index is 1.57. The molecule has 0 aliphatic carbocycles. The van der Waals surface area contributed by atoms with Gasteiger partial charge in [0.05, 0.1) is 18.6 Å². The average Bonchev–Trinajstić information content (AvgIpc) is 3.02. The van der Waals surface area contributed by atoms with Crippen molar-refractivity contribution in [1.82, 2.24) is 5.32 Å². The largest absolute Gasteiger partial charge is 0.472 e. The Morgan fingerprint density at radius 2 is 2.05 bits per heavy atom. The number of aliphatic hydroxyl groups excluding tert-OH is 1. The molecule has 1 heterocycles. The van der Waals surface area contributed by atoms with E-state index >= 15 is 0 Å². The van der Waals surface area contributed by atoms with Crippen LogP contribution in [0.4, 0.5) is 0 Å². The maximum absolute atomic E-state index is 11.7. The summed E-state index contributed by atoms with van der Waals surface area (Å²) < 4.78 is 4.91. The van der Waals surface area contributed by atoms with Crippen molar-refractivity contribution < 1.29 is 14.3 Å². The van der Waals surface area contributed by atoms with Gasteiger partial charge < -0.3 is 14.8 Å². The van der Waals surface area contributed by atoms with Crippen LogP contribution in [0.15, 0.2) is 53.3 Å². The fourth-order valence-corrected chi connectivity index (χ4v) is 2.17. The normalized spacial score (nSPS) is 12.0. The summed E-state index contributed by atoms with van der Waals surface area (Å²) >= 11 is 0. The third kappa shape index (κ3) is 5.44. The second-order valence-corrected chi connectivity index (χ2v) is 5.05. The lowest BCUT2D eigenvalue weighted by molar-refractivity contribution is -0.121. The van der Waals surface area contributed by atoms with Crippen LogP contribution < -0.4 is 5.32 Å². The summed E-state index contributed by atoms with van der Waals surface area (Å²) in [6.45, 7) is 0.469. The predicted octanol–water partition coefficient (Wildman–Crippen LogP) is 2.84. The number of aliphatic hydroxyl groups is 1. The maximum Gasteiger partial charge on any atom is 0.220 e. The van der Waals surface area contributed by atoms with E-state index in [1.165, 1.54) is 18.1 Å². The molecule has 2 N–H and O–H groups in total. The Morgan fingerprint density at radius 1 is 1.24 bits per heavy atom. The van der Waals surface area contributed by atoms with Gasteiger partial charge in [0.1, 0.15) is 0 Å². The summed E-state index contributed by atoms with van der Waals surface area (Å²) in [5.41, 5.74) is 1.99. The molecule has 0 aliphatic rings. The van der Waals surface area contributed by atoms with E-state index in [1.807, 2.05) is 18.2 Å². The molecule has 0 saturated heterocycles. The third-order valence-electron chi connectivity index (χ3n) is 3.38. The zero-order valence-electron chi connectivity index (χ0n) is 12.0. The Kier molecular flexibility index (Phi) is 6.03. The Bertz CT molecular complexity index is 522. The first kappa shape index (κ1) is 15.3. The second-order valence-electron chi connectivity index (χ2n) is 5.05. The monoisotopic (exact) mass is 287 g/mol. The highest BCUT2D eigenvalue weighted by atomic mass is 16.3. The van der Waals surface area contributed by atoms with Crippen LogP contribution in [0, 0.1) is 0 Å². The first-order valence-electron chi connectivity index (χ1n) is 7.26. The van der Waals surface area contributed by atoms with Gasteiger partial charge >= 0.3 is 0 Å². The first-order valence-corrected chi connectivity index (χ1v) is 7.26. The molecular weight excluding hydrogens is 266 g/mol. The van der Waals surface area contributed by atoms with Gasteiger partial charge in [-0.1, -0.05) is 30.3 Å². The van der Waals surface area contributed by atoms with Crippen molar-refractivity contribution >= 4 is 5.91 Å². The van der Waals surface area contributed by atoms with Crippen LogP contribution in [0.3, 0.4) is 0 Å². The van der Waals surface area contributed by atoms with E-state index in [-0.39, 0.29) is 5.91 Å². The first-order chi connectivity index (χ1) is 10.3. The molecule has 0 bridgehead atoms. The van der Waals surface area contributed by atoms with E-state index < -0.39 is 6.10 Å². The van der Waals surface area contributed by atoms with Crippen molar-refractivity contribution in [2.24, 2.45) is 0 Å². The van der Waals surface area contributed by atoms with Gasteiger partial charge in [0.2, 0.25) is 5.91 Å². The van der Waals surface area contributed by atoms with Crippen molar-refractivity contribution in [3.8, 4) is 0 Å². The number of benzene rings is 1. The summed E-state index contributed by atoms with van der Waals surface area (Å²) in [6, 6.07) is 11.9. The summed E-state index contributed by atoms with van der Waals surface area (Å²) in [4.78, 5) is 11.7. The third-order valence-corrected chi connectivity index (χ3v) is 3.38. The van der Waals surface area contributed by atoms with Gasteiger partial charge in [0.25, 0.3) is 0 Å². The molecule has 0 aliphatic heterocycles. The van der Waals surface area contributed by atoms with Crippen molar-refractivity contribution in [3.63, 3.8) is 0 Å². The van der Waals surface area contributed by atoms with Crippen LogP contribution in [0.1, 0.15) is 36.5 Å². The molecule has 4 nitrogen and oxygen atoms in total. The molecule has 1 aromatic carbocycles. The molecule has 1 amide bonds. The summed E-state index contributed by atoms with van der Waals surface area (Å²) in [5, 5.41) is 12.7. The number of carbonyl (C=O) groups is 1. The Labute approximate surface area is 124 Å². The smallest absolute Gasteiger partial charge is 0.220 e. The van der Waals surface area contributed by atoms with Crippen molar-refractivity contribution in [2.45, 2.75) is 31.8 Å². The molecule has 112 valence electrons. The molecule has 4 heteroatoms. The molecule has 0 spiro atoms. The minimum absolute atomic E-state index is 0.0327. The molecule has 1 unspecified atom stereocenters. The predicted molar refractivity (Wildman–Crippen MR) is 80.7 cm³/mol. The van der Waals surface area contributed by atoms with Crippen LogP contribution in [-0.2, 0) is 11.2 Å². The van der Waals surface area contributed by atoms with Crippen molar-refractivity contribution in [1.29, 1.82) is 0 Å². The van der Waals surface area contributed by atoms with Crippen LogP contribution in [0.2, 0.25) is 0 Å². The van der Waals surface area contributed by atoms with Gasteiger partial charge in [-0.15, -0.1) is 0 Å². The summed E-state index contributed by atoms with van der Waals surface area (Å²) in [5.74, 6) is 0.0327. The highest BCUT2D eigenvalue weighted by molar-refractivity contribution is 5.75. The fourth-order valence-electron chi connectivity index (χ4n) is 2.17. The van der Waals surface area contributed by atoms with E-state index in [9.17, 15) is 9.90 Å².